The molecule has 0 radical (unpaired) electrons. The Morgan fingerprint density at radius 3 is 3.17 bits per heavy atom. The summed E-state index contributed by atoms with van der Waals surface area (Å²) in [5, 5.41) is 10.7. The van der Waals surface area contributed by atoms with E-state index in [1.165, 1.54) is 12.3 Å². The zero-order valence-electron chi connectivity index (χ0n) is 10.1. The lowest BCUT2D eigenvalue weighted by Crippen LogP contribution is -2.08. The van der Waals surface area contributed by atoms with Crippen LogP contribution < -0.4 is 5.32 Å². The first-order valence-electron chi connectivity index (χ1n) is 5.20. The van der Waals surface area contributed by atoms with E-state index in [-0.39, 0.29) is 5.82 Å². The van der Waals surface area contributed by atoms with E-state index in [0.717, 1.165) is 0 Å². The number of nitrogens with zero attached hydrogens (tertiary/aromatic N) is 1. The fourth-order valence-electron chi connectivity index (χ4n) is 0.585. The van der Waals surface area contributed by atoms with Crippen molar-refractivity contribution in [1.82, 2.24) is 4.98 Å². The van der Waals surface area contributed by atoms with Crippen molar-refractivity contribution in [2.75, 3.05) is 11.8 Å². The number of hydrogen-bond donors (Lipinski definition) is 2. The first kappa shape index (κ1) is 4.45. The highest BCUT2D eigenvalue weighted by molar-refractivity contribution is 5.67. The number of anilines is 1. The van der Waals surface area contributed by atoms with Gasteiger partial charge < -0.3 is 10.4 Å². The summed E-state index contributed by atoms with van der Waals surface area (Å²) in [6.07, 6.45) is -1.67. The van der Waals surface area contributed by atoms with Gasteiger partial charge in [0.25, 0.3) is 0 Å². The number of rotatable bonds is 4. The molecule has 1 heterocycles. The molecule has 0 unspecified atom stereocenters. The summed E-state index contributed by atoms with van der Waals surface area (Å²) < 4.78 is 29.0. The van der Waals surface area contributed by atoms with E-state index in [4.69, 9.17) is 10.6 Å². The van der Waals surface area contributed by atoms with Crippen LogP contribution in [0, 0.1) is 0 Å². The third-order valence-corrected chi connectivity index (χ3v) is 1.02. The Bertz CT molecular complexity index is 383. The molecule has 0 fully saturated rings. The Balaban J connectivity index is 2.92. The van der Waals surface area contributed by atoms with Crippen LogP contribution in [0.3, 0.4) is 0 Å². The van der Waals surface area contributed by atoms with Crippen LogP contribution in [0.5, 0.6) is 0 Å². The summed E-state index contributed by atoms with van der Waals surface area (Å²) in [7, 11) is 0. The van der Waals surface area contributed by atoms with Crippen molar-refractivity contribution >= 4 is 11.8 Å². The minimum atomic E-state index is -3.05. The summed E-state index contributed by atoms with van der Waals surface area (Å²) in [5.74, 6) is -1.81. The van der Waals surface area contributed by atoms with E-state index >= 15 is 0 Å². The molecule has 0 aromatic carbocycles. The van der Waals surface area contributed by atoms with Gasteiger partial charge >= 0.3 is 5.97 Å². The van der Waals surface area contributed by atoms with Crippen LogP contribution in [0.4, 0.5) is 5.82 Å². The van der Waals surface area contributed by atoms with Gasteiger partial charge in [-0.1, -0.05) is 6.07 Å². The van der Waals surface area contributed by atoms with Crippen LogP contribution in [0.1, 0.15) is 11.9 Å². The first-order valence-corrected chi connectivity index (χ1v) is 3.20. The molecule has 0 aliphatic rings. The predicted molar refractivity (Wildman–Crippen MR) is 45.0 cm³/mol. The molecular weight excluding hydrogens is 156 g/mol. The van der Waals surface area contributed by atoms with Gasteiger partial charge in [0.05, 0.1) is 6.37 Å². The second-order valence-corrected chi connectivity index (χ2v) is 1.90. The molecule has 0 aliphatic heterocycles. The zero-order valence-corrected chi connectivity index (χ0v) is 6.11. The van der Waals surface area contributed by atoms with Crippen LogP contribution in [-0.2, 0) is 4.79 Å². The van der Waals surface area contributed by atoms with E-state index in [9.17, 15) is 4.79 Å². The summed E-state index contributed by atoms with van der Waals surface area (Å²) in [6.45, 7) is -2.76. The zero-order chi connectivity index (χ0) is 12.4. The predicted octanol–water partition coefficient (Wildman–Crippen LogP) is 0.968. The molecule has 0 saturated heterocycles. The van der Waals surface area contributed by atoms with Crippen molar-refractivity contribution in [1.29, 1.82) is 0 Å². The Kier molecular flexibility index (Phi) is 1.60. The third-order valence-electron chi connectivity index (χ3n) is 1.02. The van der Waals surface area contributed by atoms with Gasteiger partial charge in [-0.15, -0.1) is 0 Å². The lowest BCUT2D eigenvalue weighted by atomic mass is 10.4. The number of carboxylic acid groups (broad SMARTS) is 1. The Morgan fingerprint density at radius 1 is 1.75 bits per heavy atom. The number of nitrogens with one attached hydrogen (secondary N) is 1. The van der Waals surface area contributed by atoms with Crippen molar-refractivity contribution in [3.8, 4) is 0 Å². The van der Waals surface area contributed by atoms with Gasteiger partial charge in [0, 0.05) is 18.2 Å². The van der Waals surface area contributed by atoms with Gasteiger partial charge in [-0.25, -0.2) is 4.98 Å². The normalized spacial score (nSPS) is 16.7. The number of aromatic nitrogens is 1. The molecule has 0 bridgehead atoms. The molecule has 2 N–H and O–H groups in total. The molecule has 0 saturated carbocycles. The Morgan fingerprint density at radius 2 is 2.58 bits per heavy atom. The van der Waals surface area contributed by atoms with Crippen LogP contribution in [-0.4, -0.2) is 22.6 Å². The van der Waals surface area contributed by atoms with Crippen LogP contribution >= 0.6 is 0 Å². The van der Waals surface area contributed by atoms with Gasteiger partial charge in [-0.3, -0.25) is 4.79 Å². The maximum atomic E-state index is 10.6. The highest BCUT2D eigenvalue weighted by Crippen LogP contribution is 1.98. The molecule has 64 valence electrons. The van der Waals surface area contributed by atoms with Crippen LogP contribution in [0.2, 0.25) is 0 Å². The average Bonchev–Trinajstić information content (AvgIpc) is 2.18. The van der Waals surface area contributed by atoms with E-state index in [1.54, 1.807) is 12.1 Å². The number of hydrogen-bond acceptors (Lipinski definition) is 3. The minimum Gasteiger partial charge on any atom is -0.481 e. The fourth-order valence-corrected chi connectivity index (χ4v) is 0.585. The number of carboxylic acids is 1. The largest absolute Gasteiger partial charge is 0.481 e. The topological polar surface area (TPSA) is 62.2 Å². The highest BCUT2D eigenvalue weighted by Gasteiger charge is 1.95. The second-order valence-electron chi connectivity index (χ2n) is 1.90. The molecule has 0 spiro atoms. The fraction of sp³-hybridized carbons (Fsp3) is 0.250. The molecule has 1 rings (SSSR count). The maximum absolute atomic E-state index is 10.6. The third kappa shape index (κ3) is 3.01. The quantitative estimate of drug-likeness (QED) is 0.706. The van der Waals surface area contributed by atoms with Crippen LogP contribution in [0.25, 0.3) is 0 Å². The van der Waals surface area contributed by atoms with Gasteiger partial charge in [-0.05, 0) is 12.1 Å². The summed E-state index contributed by atoms with van der Waals surface area (Å²) in [6, 6.07) is 4.59. The molecule has 4 nitrogen and oxygen atoms in total. The summed E-state index contributed by atoms with van der Waals surface area (Å²) in [4.78, 5) is 14.3. The van der Waals surface area contributed by atoms with Crippen molar-refractivity contribution < 1.29 is 15.4 Å². The molecule has 12 heavy (non-hydrogen) atoms. The van der Waals surface area contributed by atoms with Gasteiger partial charge in [0.1, 0.15) is 5.82 Å². The molecule has 0 amide bonds. The Labute approximate surface area is 75.9 Å². The first-order chi connectivity index (χ1) is 7.27. The molecular formula is C8H10N2O2. The van der Waals surface area contributed by atoms with Gasteiger partial charge in [0.2, 0.25) is 0 Å². The standard InChI is InChI=1S/C8H10N2O2/c11-8(12)4-6-10-7-3-1-2-5-9-7/h1-3,5H,4,6H2,(H,9,10)(H,11,12)/i4D2,6D2. The van der Waals surface area contributed by atoms with E-state index < -0.39 is 18.8 Å². The lowest BCUT2D eigenvalue weighted by Gasteiger charge is -2.01. The maximum Gasteiger partial charge on any atom is 0.305 e. The monoisotopic (exact) mass is 170 g/mol. The SMILES string of the molecule is [2H]C([2H])(Nc1ccccn1)C([2H])([2H])C(=O)O. The van der Waals surface area contributed by atoms with E-state index in [2.05, 4.69) is 10.3 Å². The van der Waals surface area contributed by atoms with Crippen molar-refractivity contribution in [2.24, 2.45) is 0 Å². The molecule has 4 heteroatoms. The summed E-state index contributed by atoms with van der Waals surface area (Å²) in [5.41, 5.74) is 0. The number of carbonyl (C=O) groups is 1. The minimum absolute atomic E-state index is 0.0672. The lowest BCUT2D eigenvalue weighted by molar-refractivity contribution is -0.136. The highest BCUT2D eigenvalue weighted by atomic mass is 16.4. The van der Waals surface area contributed by atoms with Gasteiger partial charge in [-0.2, -0.15) is 0 Å². The smallest absolute Gasteiger partial charge is 0.305 e. The molecule has 1 aromatic rings. The number of aliphatic carboxylic acids is 1. The van der Waals surface area contributed by atoms with Gasteiger partial charge in [0.15, 0.2) is 0 Å². The summed E-state index contributed by atoms with van der Waals surface area (Å²) >= 11 is 0. The van der Waals surface area contributed by atoms with E-state index in [1.807, 2.05) is 0 Å². The van der Waals surface area contributed by atoms with Crippen molar-refractivity contribution in [3.05, 3.63) is 24.4 Å². The van der Waals surface area contributed by atoms with Crippen molar-refractivity contribution in [2.45, 2.75) is 6.37 Å². The Hall–Kier alpha value is -1.58. The average molecular weight is 170 g/mol. The van der Waals surface area contributed by atoms with E-state index in [0.29, 0.717) is 0 Å². The molecule has 0 aliphatic carbocycles. The molecule has 0 atom stereocenters. The number of pyridine rings is 1. The second kappa shape index (κ2) is 4.33. The molecule has 1 aromatic heterocycles. The van der Waals surface area contributed by atoms with Crippen molar-refractivity contribution in [3.63, 3.8) is 0 Å². The van der Waals surface area contributed by atoms with Crippen LogP contribution in [0.15, 0.2) is 24.4 Å².